The zero-order valence-electron chi connectivity index (χ0n) is 5.17. The summed E-state index contributed by atoms with van der Waals surface area (Å²) < 4.78 is 4.16. The standard InChI is InChI=1S/C4H9NO3/c1-5(2)8-4(6)7-3/h1-3H3. The van der Waals surface area contributed by atoms with Crippen LogP contribution in [0.3, 0.4) is 0 Å². The average Bonchev–Trinajstić information content (AvgIpc) is 1.65. The Labute approximate surface area is 47.9 Å². The Kier molecular flexibility index (Phi) is 2.95. The third-order valence-electron chi connectivity index (χ3n) is 0.424. The fourth-order valence-electron chi connectivity index (χ4n) is 0.186. The van der Waals surface area contributed by atoms with Gasteiger partial charge in [-0.3, -0.25) is 0 Å². The van der Waals surface area contributed by atoms with Crippen molar-refractivity contribution in [2.24, 2.45) is 0 Å². The Morgan fingerprint density at radius 1 is 1.50 bits per heavy atom. The summed E-state index contributed by atoms with van der Waals surface area (Å²) in [5, 5.41) is 1.26. The van der Waals surface area contributed by atoms with Gasteiger partial charge in [-0.1, -0.05) is 0 Å². The largest absolute Gasteiger partial charge is 0.527 e. The minimum atomic E-state index is -0.699. The van der Waals surface area contributed by atoms with Gasteiger partial charge < -0.3 is 9.57 Å². The first-order valence-corrected chi connectivity index (χ1v) is 2.10. The molecule has 0 aliphatic rings. The Morgan fingerprint density at radius 3 is 2.12 bits per heavy atom. The third kappa shape index (κ3) is 3.42. The zero-order valence-corrected chi connectivity index (χ0v) is 5.17. The molecule has 4 nitrogen and oxygen atoms in total. The van der Waals surface area contributed by atoms with E-state index in [1.807, 2.05) is 0 Å². The first-order valence-electron chi connectivity index (χ1n) is 2.10. The lowest BCUT2D eigenvalue weighted by atomic mass is 11.2. The van der Waals surface area contributed by atoms with E-state index in [0.29, 0.717) is 0 Å². The van der Waals surface area contributed by atoms with Crippen molar-refractivity contribution >= 4 is 6.16 Å². The summed E-state index contributed by atoms with van der Waals surface area (Å²) in [6.45, 7) is 0. The summed E-state index contributed by atoms with van der Waals surface area (Å²) in [7, 11) is 4.44. The molecule has 0 saturated carbocycles. The van der Waals surface area contributed by atoms with Gasteiger partial charge in [0.25, 0.3) is 0 Å². The van der Waals surface area contributed by atoms with Gasteiger partial charge in [0.15, 0.2) is 0 Å². The van der Waals surface area contributed by atoms with Crippen molar-refractivity contribution < 1.29 is 14.4 Å². The predicted octanol–water partition coefficient (Wildman–Crippen LogP) is 0.246. The highest BCUT2D eigenvalue weighted by molar-refractivity contribution is 5.59. The molecule has 0 atom stereocenters. The maximum atomic E-state index is 10.1. The molecule has 0 aromatic carbocycles. The maximum Gasteiger partial charge on any atom is 0.527 e. The molecule has 0 unspecified atom stereocenters. The number of nitrogens with zero attached hydrogens (tertiary/aromatic N) is 1. The van der Waals surface area contributed by atoms with Gasteiger partial charge in [-0.25, -0.2) is 4.79 Å². The van der Waals surface area contributed by atoms with Gasteiger partial charge >= 0.3 is 6.16 Å². The van der Waals surface area contributed by atoms with Gasteiger partial charge in [-0.05, 0) is 0 Å². The molecule has 0 fully saturated rings. The molecule has 4 heteroatoms. The van der Waals surface area contributed by atoms with Crippen LogP contribution in [0.25, 0.3) is 0 Å². The minimum Gasteiger partial charge on any atom is -0.436 e. The first-order chi connectivity index (χ1) is 3.66. The number of ether oxygens (including phenoxy) is 1. The summed E-state index contributed by atoms with van der Waals surface area (Å²) >= 11 is 0. The Bertz CT molecular complexity index is 81.4. The Morgan fingerprint density at radius 2 is 2.00 bits per heavy atom. The predicted molar refractivity (Wildman–Crippen MR) is 27.2 cm³/mol. The lowest BCUT2D eigenvalue weighted by molar-refractivity contribution is -0.0860. The molecule has 0 heterocycles. The maximum absolute atomic E-state index is 10.1. The molecule has 48 valence electrons. The van der Waals surface area contributed by atoms with Gasteiger partial charge in [0, 0.05) is 14.1 Å². The number of hydrogen-bond acceptors (Lipinski definition) is 4. The molecule has 8 heavy (non-hydrogen) atoms. The number of hydrogen-bond donors (Lipinski definition) is 0. The number of rotatable bonds is 1. The van der Waals surface area contributed by atoms with Crippen molar-refractivity contribution in [1.29, 1.82) is 0 Å². The van der Waals surface area contributed by atoms with Crippen LogP contribution in [0.4, 0.5) is 4.79 Å². The second-order valence-corrected chi connectivity index (χ2v) is 1.36. The van der Waals surface area contributed by atoms with Gasteiger partial charge in [-0.2, -0.15) is 0 Å². The monoisotopic (exact) mass is 119 g/mol. The minimum absolute atomic E-state index is 0.699. The molecule has 0 aliphatic carbocycles. The van der Waals surface area contributed by atoms with E-state index in [1.54, 1.807) is 14.1 Å². The highest BCUT2D eigenvalue weighted by atomic mass is 16.8. The Hall–Kier alpha value is -0.770. The highest BCUT2D eigenvalue weighted by Crippen LogP contribution is 1.82. The number of hydroxylamine groups is 2. The Balaban J connectivity index is 3.25. The fourth-order valence-corrected chi connectivity index (χ4v) is 0.186. The number of methoxy groups -OCH3 is 1. The van der Waals surface area contributed by atoms with Gasteiger partial charge in [0.05, 0.1) is 7.11 Å². The van der Waals surface area contributed by atoms with E-state index in [2.05, 4.69) is 9.57 Å². The van der Waals surface area contributed by atoms with E-state index in [0.717, 1.165) is 0 Å². The SMILES string of the molecule is COC(=O)ON(C)C. The average molecular weight is 119 g/mol. The molecular formula is C4H9NO3. The molecule has 0 spiro atoms. The van der Waals surface area contributed by atoms with Crippen LogP contribution in [0, 0.1) is 0 Å². The highest BCUT2D eigenvalue weighted by Gasteiger charge is 1.99. The van der Waals surface area contributed by atoms with Crippen LogP contribution in [-0.2, 0) is 9.57 Å². The van der Waals surface area contributed by atoms with Crippen LogP contribution in [0.1, 0.15) is 0 Å². The van der Waals surface area contributed by atoms with Crippen molar-refractivity contribution in [3.8, 4) is 0 Å². The molecular weight excluding hydrogens is 110 g/mol. The van der Waals surface area contributed by atoms with Crippen LogP contribution in [-0.4, -0.2) is 32.4 Å². The van der Waals surface area contributed by atoms with Gasteiger partial charge in [-0.15, -0.1) is 5.06 Å². The normalized spacial score (nSPS) is 9.00. The van der Waals surface area contributed by atoms with Gasteiger partial charge in [0.1, 0.15) is 0 Å². The molecule has 0 aliphatic heterocycles. The number of carbonyl (C=O) groups excluding carboxylic acids is 1. The summed E-state index contributed by atoms with van der Waals surface area (Å²) in [4.78, 5) is 14.5. The van der Waals surface area contributed by atoms with Crippen molar-refractivity contribution in [2.45, 2.75) is 0 Å². The smallest absolute Gasteiger partial charge is 0.436 e. The van der Waals surface area contributed by atoms with Crippen molar-refractivity contribution in [3.05, 3.63) is 0 Å². The summed E-state index contributed by atoms with van der Waals surface area (Å²) in [5.74, 6) is 0. The van der Waals surface area contributed by atoms with Crippen LogP contribution >= 0.6 is 0 Å². The van der Waals surface area contributed by atoms with Gasteiger partial charge in [0.2, 0.25) is 0 Å². The van der Waals surface area contributed by atoms with E-state index in [-0.39, 0.29) is 0 Å². The number of carbonyl (C=O) groups is 1. The van der Waals surface area contributed by atoms with E-state index in [9.17, 15) is 4.79 Å². The quantitative estimate of drug-likeness (QED) is 0.366. The van der Waals surface area contributed by atoms with Crippen LogP contribution in [0.15, 0.2) is 0 Å². The molecule has 0 amide bonds. The molecule has 0 bridgehead atoms. The second-order valence-electron chi connectivity index (χ2n) is 1.36. The molecule has 0 aromatic heterocycles. The van der Waals surface area contributed by atoms with Crippen LogP contribution in [0.5, 0.6) is 0 Å². The molecule has 0 N–H and O–H groups in total. The van der Waals surface area contributed by atoms with Crippen LogP contribution < -0.4 is 0 Å². The summed E-state index contributed by atoms with van der Waals surface area (Å²) in [5.41, 5.74) is 0. The lowest BCUT2D eigenvalue weighted by Crippen LogP contribution is -2.17. The van der Waals surface area contributed by atoms with E-state index >= 15 is 0 Å². The topological polar surface area (TPSA) is 38.8 Å². The molecule has 0 aromatic rings. The summed E-state index contributed by atoms with van der Waals surface area (Å²) in [6, 6.07) is 0. The van der Waals surface area contributed by atoms with Crippen LogP contribution in [0.2, 0.25) is 0 Å². The van der Waals surface area contributed by atoms with Crippen molar-refractivity contribution in [1.82, 2.24) is 5.06 Å². The van der Waals surface area contributed by atoms with Crippen molar-refractivity contribution in [3.63, 3.8) is 0 Å². The lowest BCUT2D eigenvalue weighted by Gasteiger charge is -2.06. The molecule has 0 rings (SSSR count). The van der Waals surface area contributed by atoms with E-state index < -0.39 is 6.16 Å². The zero-order chi connectivity index (χ0) is 6.57. The summed E-state index contributed by atoms with van der Waals surface area (Å²) in [6.07, 6.45) is -0.699. The molecule has 0 saturated heterocycles. The van der Waals surface area contributed by atoms with E-state index in [4.69, 9.17) is 0 Å². The molecule has 0 radical (unpaired) electrons. The first kappa shape index (κ1) is 7.23. The fraction of sp³-hybridized carbons (Fsp3) is 0.750. The van der Waals surface area contributed by atoms with E-state index in [1.165, 1.54) is 12.2 Å². The third-order valence-corrected chi connectivity index (χ3v) is 0.424. The second kappa shape index (κ2) is 3.26. The van der Waals surface area contributed by atoms with Crippen molar-refractivity contribution in [2.75, 3.05) is 21.2 Å².